The van der Waals surface area contributed by atoms with E-state index >= 15 is 0 Å². The van der Waals surface area contributed by atoms with Crippen molar-refractivity contribution < 1.29 is 5.11 Å². The zero-order valence-corrected chi connectivity index (χ0v) is 9.04. The molecule has 0 fully saturated rings. The Kier molecular flexibility index (Phi) is 4.10. The van der Waals surface area contributed by atoms with Crippen molar-refractivity contribution in [3.63, 3.8) is 0 Å². The Morgan fingerprint density at radius 1 is 1.57 bits per heavy atom. The maximum absolute atomic E-state index is 9.32. The largest absolute Gasteiger partial charge is 0.391 e. The Bertz CT molecular complexity index is 286. The van der Waals surface area contributed by atoms with Gasteiger partial charge in [0.05, 0.1) is 6.10 Å². The van der Waals surface area contributed by atoms with Crippen molar-refractivity contribution in [1.82, 2.24) is 9.97 Å². The number of aromatic nitrogens is 2. The van der Waals surface area contributed by atoms with Crippen LogP contribution in [0.4, 0.5) is 5.82 Å². The van der Waals surface area contributed by atoms with Gasteiger partial charge in [-0.2, -0.15) is 0 Å². The Morgan fingerprint density at radius 3 is 2.86 bits per heavy atom. The number of nitrogens with one attached hydrogen (secondary N) is 1. The molecule has 2 N–H and O–H groups in total. The summed E-state index contributed by atoms with van der Waals surface area (Å²) >= 11 is 5.75. The number of nitrogens with zero attached hydrogens (tertiary/aromatic N) is 2. The van der Waals surface area contributed by atoms with Crippen molar-refractivity contribution in [3.8, 4) is 0 Å². The third-order valence-electron chi connectivity index (χ3n) is 1.80. The summed E-state index contributed by atoms with van der Waals surface area (Å²) in [4.78, 5) is 8.06. The van der Waals surface area contributed by atoms with Crippen LogP contribution >= 0.6 is 11.6 Å². The van der Waals surface area contributed by atoms with Crippen molar-refractivity contribution in [1.29, 1.82) is 0 Å². The molecule has 14 heavy (non-hydrogen) atoms. The number of aliphatic hydroxyl groups is 1. The number of anilines is 1. The molecule has 4 nitrogen and oxygen atoms in total. The molecule has 1 aromatic rings. The summed E-state index contributed by atoms with van der Waals surface area (Å²) in [5.41, 5.74) is 0. The maximum atomic E-state index is 9.32. The average molecular weight is 216 g/mol. The number of aryl methyl sites for hydroxylation is 1. The smallest absolute Gasteiger partial charge is 0.134 e. The van der Waals surface area contributed by atoms with Crippen LogP contribution in [0.25, 0.3) is 0 Å². The molecule has 0 aromatic carbocycles. The molecule has 0 saturated carbocycles. The van der Waals surface area contributed by atoms with E-state index in [4.69, 9.17) is 11.6 Å². The van der Waals surface area contributed by atoms with Gasteiger partial charge >= 0.3 is 0 Å². The molecule has 0 radical (unpaired) electrons. The van der Waals surface area contributed by atoms with E-state index in [2.05, 4.69) is 15.3 Å². The quantitative estimate of drug-likeness (QED) is 0.750. The third kappa shape index (κ3) is 3.47. The van der Waals surface area contributed by atoms with Crippen LogP contribution in [-0.4, -0.2) is 27.7 Å². The first-order valence-corrected chi connectivity index (χ1v) is 4.92. The summed E-state index contributed by atoms with van der Waals surface area (Å²) in [7, 11) is 0. The van der Waals surface area contributed by atoms with Gasteiger partial charge in [0.15, 0.2) is 0 Å². The minimum atomic E-state index is -0.357. The fourth-order valence-corrected chi connectivity index (χ4v) is 1.21. The van der Waals surface area contributed by atoms with Crippen LogP contribution in [0.2, 0.25) is 5.15 Å². The molecule has 0 aliphatic heterocycles. The summed E-state index contributed by atoms with van der Waals surface area (Å²) in [6.07, 6.45) is 0.356. The Labute approximate surface area is 88.3 Å². The van der Waals surface area contributed by atoms with Gasteiger partial charge in [0.1, 0.15) is 16.8 Å². The molecule has 0 aliphatic rings. The lowest BCUT2D eigenvalue weighted by Gasteiger charge is -2.10. The monoisotopic (exact) mass is 215 g/mol. The predicted molar refractivity (Wildman–Crippen MR) is 56.6 cm³/mol. The second kappa shape index (κ2) is 5.12. The van der Waals surface area contributed by atoms with Crippen molar-refractivity contribution in [3.05, 3.63) is 17.0 Å². The molecule has 1 unspecified atom stereocenters. The summed E-state index contributed by atoms with van der Waals surface area (Å²) in [5.74, 6) is 1.26. The topological polar surface area (TPSA) is 58.0 Å². The highest BCUT2D eigenvalue weighted by molar-refractivity contribution is 6.29. The van der Waals surface area contributed by atoms with Crippen LogP contribution in [0.15, 0.2) is 6.07 Å². The highest BCUT2D eigenvalue weighted by Crippen LogP contribution is 2.10. The number of rotatable bonds is 4. The lowest BCUT2D eigenvalue weighted by molar-refractivity contribution is 0.183. The van der Waals surface area contributed by atoms with Crippen molar-refractivity contribution in [2.45, 2.75) is 26.4 Å². The summed E-state index contributed by atoms with van der Waals surface area (Å²) in [6.45, 7) is 4.17. The fraction of sp³-hybridized carbons (Fsp3) is 0.556. The van der Waals surface area contributed by atoms with Gasteiger partial charge in [0.2, 0.25) is 0 Å². The van der Waals surface area contributed by atoms with E-state index in [1.807, 2.05) is 6.92 Å². The molecule has 78 valence electrons. The molecule has 0 aliphatic carbocycles. The number of hydrogen-bond donors (Lipinski definition) is 2. The summed E-state index contributed by atoms with van der Waals surface area (Å²) < 4.78 is 0. The van der Waals surface area contributed by atoms with Crippen LogP contribution in [0.5, 0.6) is 0 Å². The van der Waals surface area contributed by atoms with E-state index in [-0.39, 0.29) is 6.10 Å². The minimum absolute atomic E-state index is 0.357. The molecule has 0 saturated heterocycles. The molecule has 5 heteroatoms. The van der Waals surface area contributed by atoms with Gasteiger partial charge in [-0.1, -0.05) is 18.5 Å². The van der Waals surface area contributed by atoms with E-state index in [1.54, 1.807) is 13.0 Å². The predicted octanol–water partition coefficient (Wildman–Crippen LogP) is 1.62. The normalized spacial score (nSPS) is 12.6. The zero-order valence-electron chi connectivity index (χ0n) is 8.29. The molecule has 1 aromatic heterocycles. The van der Waals surface area contributed by atoms with Crippen LogP contribution in [-0.2, 0) is 0 Å². The van der Waals surface area contributed by atoms with Crippen LogP contribution in [0.3, 0.4) is 0 Å². The molecule has 0 spiro atoms. The molecule has 1 rings (SSSR count). The Hall–Kier alpha value is -0.870. The van der Waals surface area contributed by atoms with Crippen LogP contribution < -0.4 is 5.32 Å². The highest BCUT2D eigenvalue weighted by atomic mass is 35.5. The van der Waals surface area contributed by atoms with E-state index < -0.39 is 0 Å². The van der Waals surface area contributed by atoms with Gasteiger partial charge in [0, 0.05) is 12.6 Å². The van der Waals surface area contributed by atoms with E-state index in [1.165, 1.54) is 0 Å². The summed E-state index contributed by atoms with van der Waals surface area (Å²) in [5, 5.41) is 12.7. The summed E-state index contributed by atoms with van der Waals surface area (Å²) in [6, 6.07) is 1.64. The van der Waals surface area contributed by atoms with E-state index in [0.717, 1.165) is 0 Å². The van der Waals surface area contributed by atoms with E-state index in [0.29, 0.717) is 29.8 Å². The van der Waals surface area contributed by atoms with Gasteiger partial charge in [0.25, 0.3) is 0 Å². The number of hydrogen-bond acceptors (Lipinski definition) is 4. The molecular weight excluding hydrogens is 202 g/mol. The maximum Gasteiger partial charge on any atom is 0.134 e. The fourth-order valence-electron chi connectivity index (χ4n) is 0.989. The van der Waals surface area contributed by atoms with Gasteiger partial charge in [-0.25, -0.2) is 9.97 Å². The average Bonchev–Trinajstić information content (AvgIpc) is 2.12. The Morgan fingerprint density at radius 2 is 2.29 bits per heavy atom. The second-order valence-electron chi connectivity index (χ2n) is 3.07. The van der Waals surface area contributed by atoms with Gasteiger partial charge in [-0.15, -0.1) is 0 Å². The minimum Gasteiger partial charge on any atom is -0.391 e. The highest BCUT2D eigenvalue weighted by Gasteiger charge is 2.02. The van der Waals surface area contributed by atoms with Gasteiger partial charge in [-0.05, 0) is 13.3 Å². The van der Waals surface area contributed by atoms with Crippen LogP contribution in [0.1, 0.15) is 19.2 Å². The lowest BCUT2D eigenvalue weighted by Crippen LogP contribution is -2.19. The van der Waals surface area contributed by atoms with Crippen molar-refractivity contribution >= 4 is 17.4 Å². The zero-order chi connectivity index (χ0) is 10.6. The number of halogens is 1. The van der Waals surface area contributed by atoms with E-state index in [9.17, 15) is 5.11 Å². The number of aliphatic hydroxyl groups excluding tert-OH is 1. The van der Waals surface area contributed by atoms with Gasteiger partial charge < -0.3 is 10.4 Å². The first kappa shape index (κ1) is 11.2. The molecular formula is C9H14ClN3O. The standard InChI is InChI=1S/C9H14ClN3O/c1-3-7(14)5-11-9-4-8(10)12-6(2)13-9/h4,7,14H,3,5H2,1-2H3,(H,11,12,13). The first-order valence-electron chi connectivity index (χ1n) is 4.55. The molecule has 0 amide bonds. The third-order valence-corrected chi connectivity index (χ3v) is 1.99. The SMILES string of the molecule is CCC(O)CNc1cc(Cl)nc(C)n1. The Balaban J connectivity index is 2.58. The molecule has 1 atom stereocenters. The van der Waals surface area contributed by atoms with Gasteiger partial charge in [-0.3, -0.25) is 0 Å². The first-order chi connectivity index (χ1) is 6.61. The second-order valence-corrected chi connectivity index (χ2v) is 3.45. The van der Waals surface area contributed by atoms with Crippen molar-refractivity contribution in [2.24, 2.45) is 0 Å². The van der Waals surface area contributed by atoms with Crippen molar-refractivity contribution in [2.75, 3.05) is 11.9 Å². The molecule has 0 bridgehead atoms. The van der Waals surface area contributed by atoms with Crippen LogP contribution in [0, 0.1) is 6.92 Å². The molecule has 1 heterocycles. The lowest BCUT2D eigenvalue weighted by atomic mass is 10.3.